The summed E-state index contributed by atoms with van der Waals surface area (Å²) in [4.78, 5) is 0. The van der Waals surface area contributed by atoms with Crippen LogP contribution in [0.15, 0.2) is 48.5 Å². The summed E-state index contributed by atoms with van der Waals surface area (Å²) in [6, 6.07) is 15.0. The molecule has 1 N–H and O–H groups in total. The van der Waals surface area contributed by atoms with Crippen molar-refractivity contribution in [2.75, 3.05) is 6.61 Å². The highest BCUT2D eigenvalue weighted by Gasteiger charge is 2.08. The Morgan fingerprint density at radius 2 is 1.89 bits per heavy atom. The summed E-state index contributed by atoms with van der Waals surface area (Å²) in [5, 5.41) is 10.8. The molecule has 0 aromatic heterocycles. The molecule has 0 saturated carbocycles. The van der Waals surface area contributed by atoms with Gasteiger partial charge in [-0.05, 0) is 41.8 Å². The average Bonchev–Trinajstić information content (AvgIpc) is 2.46. The second kappa shape index (κ2) is 6.60. The van der Waals surface area contributed by atoms with Gasteiger partial charge < -0.3 is 9.84 Å². The fraction of sp³-hybridized carbons (Fsp3) is 0.250. The molecule has 0 saturated heterocycles. The molecule has 0 aliphatic rings. The number of rotatable bonds is 5. The number of hydrogen-bond donors (Lipinski definition) is 1. The van der Waals surface area contributed by atoms with Crippen LogP contribution >= 0.6 is 11.6 Å². The van der Waals surface area contributed by atoms with Crippen molar-refractivity contribution in [3.63, 3.8) is 0 Å². The zero-order valence-electron chi connectivity index (χ0n) is 10.8. The van der Waals surface area contributed by atoms with Gasteiger partial charge in [-0.15, -0.1) is 0 Å². The van der Waals surface area contributed by atoms with Gasteiger partial charge in [0.1, 0.15) is 18.5 Å². The molecular weight excluding hydrogens is 260 g/mol. The molecule has 0 radical (unpaired) electrons. The van der Waals surface area contributed by atoms with Crippen LogP contribution in [0, 0.1) is 0 Å². The van der Waals surface area contributed by atoms with E-state index >= 15 is 0 Å². The molecular formula is C16H17ClO2. The summed E-state index contributed by atoms with van der Waals surface area (Å²) in [5.41, 5.74) is 2.09. The molecule has 0 spiro atoms. The maximum atomic E-state index is 10.1. The maximum absolute atomic E-state index is 10.1. The molecule has 2 rings (SSSR count). The van der Waals surface area contributed by atoms with Crippen LogP contribution in [0.2, 0.25) is 5.02 Å². The molecule has 2 aromatic carbocycles. The molecule has 1 atom stereocenters. The number of benzene rings is 2. The van der Waals surface area contributed by atoms with E-state index < -0.39 is 6.10 Å². The molecule has 0 aliphatic carbocycles. The van der Waals surface area contributed by atoms with Gasteiger partial charge in [-0.1, -0.05) is 42.8 Å². The first-order chi connectivity index (χ1) is 9.19. The quantitative estimate of drug-likeness (QED) is 0.894. The summed E-state index contributed by atoms with van der Waals surface area (Å²) >= 11 is 5.80. The molecule has 0 heterocycles. The first-order valence-corrected chi connectivity index (χ1v) is 6.72. The van der Waals surface area contributed by atoms with E-state index in [-0.39, 0.29) is 6.61 Å². The second-order valence-electron chi connectivity index (χ2n) is 4.38. The van der Waals surface area contributed by atoms with Gasteiger partial charge in [0.2, 0.25) is 0 Å². The number of halogens is 1. The molecule has 100 valence electrons. The Balaban J connectivity index is 1.96. The smallest absolute Gasteiger partial charge is 0.119 e. The Labute approximate surface area is 118 Å². The standard InChI is InChI=1S/C16H17ClO2/c1-2-12-4-3-5-13(10-12)16(18)11-19-15-8-6-14(17)7-9-15/h3-10,16,18H,2,11H2,1H3. The van der Waals surface area contributed by atoms with E-state index in [2.05, 4.69) is 13.0 Å². The van der Waals surface area contributed by atoms with Crippen LogP contribution in [0.25, 0.3) is 0 Å². The van der Waals surface area contributed by atoms with Crippen molar-refractivity contribution >= 4 is 11.6 Å². The SMILES string of the molecule is CCc1cccc(C(O)COc2ccc(Cl)cc2)c1. The minimum atomic E-state index is -0.623. The summed E-state index contributed by atoms with van der Waals surface area (Å²) < 4.78 is 5.54. The lowest BCUT2D eigenvalue weighted by atomic mass is 10.1. The zero-order valence-corrected chi connectivity index (χ0v) is 11.6. The van der Waals surface area contributed by atoms with Crippen molar-refractivity contribution in [2.45, 2.75) is 19.4 Å². The van der Waals surface area contributed by atoms with Crippen LogP contribution in [0.3, 0.4) is 0 Å². The lowest BCUT2D eigenvalue weighted by Gasteiger charge is -2.13. The lowest BCUT2D eigenvalue weighted by molar-refractivity contribution is 0.108. The molecule has 0 bridgehead atoms. The molecule has 2 nitrogen and oxygen atoms in total. The summed E-state index contributed by atoms with van der Waals surface area (Å²) in [7, 11) is 0. The Kier molecular flexibility index (Phi) is 4.83. The molecule has 0 aliphatic heterocycles. The first kappa shape index (κ1) is 13.9. The van der Waals surface area contributed by atoms with Crippen LogP contribution in [0.5, 0.6) is 5.75 Å². The number of ether oxygens (including phenoxy) is 1. The summed E-state index contributed by atoms with van der Waals surface area (Å²) in [6.45, 7) is 2.32. The topological polar surface area (TPSA) is 29.5 Å². The van der Waals surface area contributed by atoms with Gasteiger partial charge in [-0.25, -0.2) is 0 Å². The fourth-order valence-corrected chi connectivity index (χ4v) is 1.95. The zero-order chi connectivity index (χ0) is 13.7. The maximum Gasteiger partial charge on any atom is 0.119 e. The minimum absolute atomic E-state index is 0.231. The van der Waals surface area contributed by atoms with Crippen LogP contribution in [0.1, 0.15) is 24.2 Å². The Morgan fingerprint density at radius 3 is 2.58 bits per heavy atom. The third kappa shape index (κ3) is 3.98. The highest BCUT2D eigenvalue weighted by molar-refractivity contribution is 6.30. The van der Waals surface area contributed by atoms with E-state index in [0.29, 0.717) is 10.8 Å². The van der Waals surface area contributed by atoms with Crippen LogP contribution in [-0.2, 0) is 6.42 Å². The van der Waals surface area contributed by atoms with Gasteiger partial charge in [-0.2, -0.15) is 0 Å². The summed E-state index contributed by atoms with van der Waals surface area (Å²) in [5.74, 6) is 0.704. The van der Waals surface area contributed by atoms with Gasteiger partial charge in [-0.3, -0.25) is 0 Å². The van der Waals surface area contributed by atoms with E-state index in [1.165, 1.54) is 5.56 Å². The molecule has 19 heavy (non-hydrogen) atoms. The molecule has 1 unspecified atom stereocenters. The molecule has 3 heteroatoms. The van der Waals surface area contributed by atoms with Gasteiger partial charge in [0.15, 0.2) is 0 Å². The highest BCUT2D eigenvalue weighted by Crippen LogP contribution is 2.19. The number of aryl methyl sites for hydroxylation is 1. The highest BCUT2D eigenvalue weighted by atomic mass is 35.5. The lowest BCUT2D eigenvalue weighted by Crippen LogP contribution is -2.09. The number of aliphatic hydroxyl groups is 1. The van der Waals surface area contributed by atoms with Crippen molar-refractivity contribution in [2.24, 2.45) is 0 Å². The van der Waals surface area contributed by atoms with Crippen LogP contribution < -0.4 is 4.74 Å². The average molecular weight is 277 g/mol. The van der Waals surface area contributed by atoms with Gasteiger partial charge in [0.25, 0.3) is 0 Å². The van der Waals surface area contributed by atoms with Crippen LogP contribution in [-0.4, -0.2) is 11.7 Å². The Morgan fingerprint density at radius 1 is 1.16 bits per heavy atom. The van der Waals surface area contributed by atoms with Crippen LogP contribution in [0.4, 0.5) is 0 Å². The number of aliphatic hydroxyl groups excluding tert-OH is 1. The molecule has 0 fully saturated rings. The predicted octanol–water partition coefficient (Wildman–Crippen LogP) is 4.01. The van der Waals surface area contributed by atoms with Crippen molar-refractivity contribution in [1.29, 1.82) is 0 Å². The Hall–Kier alpha value is -1.51. The van der Waals surface area contributed by atoms with Gasteiger partial charge in [0.05, 0.1) is 0 Å². The van der Waals surface area contributed by atoms with E-state index in [9.17, 15) is 5.11 Å². The normalized spacial score (nSPS) is 12.2. The van der Waals surface area contributed by atoms with E-state index in [4.69, 9.17) is 16.3 Å². The Bertz CT molecular complexity index is 523. The van der Waals surface area contributed by atoms with Crippen molar-refractivity contribution in [3.8, 4) is 5.75 Å². The fourth-order valence-electron chi connectivity index (χ4n) is 1.82. The third-order valence-corrected chi connectivity index (χ3v) is 3.22. The minimum Gasteiger partial charge on any atom is -0.491 e. The van der Waals surface area contributed by atoms with E-state index in [1.54, 1.807) is 24.3 Å². The van der Waals surface area contributed by atoms with E-state index in [1.807, 2.05) is 18.2 Å². The van der Waals surface area contributed by atoms with Crippen molar-refractivity contribution in [1.82, 2.24) is 0 Å². The molecule has 2 aromatic rings. The van der Waals surface area contributed by atoms with Gasteiger partial charge in [0, 0.05) is 5.02 Å². The van der Waals surface area contributed by atoms with E-state index in [0.717, 1.165) is 12.0 Å². The first-order valence-electron chi connectivity index (χ1n) is 6.34. The largest absolute Gasteiger partial charge is 0.491 e. The molecule has 0 amide bonds. The third-order valence-electron chi connectivity index (χ3n) is 2.97. The monoisotopic (exact) mass is 276 g/mol. The number of hydrogen-bond acceptors (Lipinski definition) is 2. The van der Waals surface area contributed by atoms with Crippen molar-refractivity contribution < 1.29 is 9.84 Å². The predicted molar refractivity (Wildman–Crippen MR) is 77.7 cm³/mol. The van der Waals surface area contributed by atoms with Gasteiger partial charge >= 0.3 is 0 Å². The van der Waals surface area contributed by atoms with Crippen molar-refractivity contribution in [3.05, 3.63) is 64.7 Å². The summed E-state index contributed by atoms with van der Waals surface area (Å²) in [6.07, 6.45) is 0.334. The second-order valence-corrected chi connectivity index (χ2v) is 4.82.